The number of nitrogens with zero attached hydrogens (tertiary/aromatic N) is 1. The molecular formula is C14H14N2O3S. The van der Waals surface area contributed by atoms with Gasteiger partial charge >= 0.3 is 0 Å². The standard InChI is InChI=1S/C14H14N2O3S/c1-7-2-8(3-7)13(17)16-14-15-9-4-10-11(19-6-18-10)5-12(9)20-14/h4-5,7-8H,2-3,6H2,1H3,(H,15,16,17). The maximum Gasteiger partial charge on any atom is 0.231 e. The number of thiazole rings is 1. The van der Waals surface area contributed by atoms with Gasteiger partial charge in [0, 0.05) is 18.1 Å². The number of fused-ring (bicyclic) bond motifs is 2. The molecule has 104 valence electrons. The molecule has 0 unspecified atom stereocenters. The van der Waals surface area contributed by atoms with Gasteiger partial charge in [0.15, 0.2) is 16.6 Å². The van der Waals surface area contributed by atoms with Crippen molar-refractivity contribution in [1.29, 1.82) is 0 Å². The zero-order valence-corrected chi connectivity index (χ0v) is 11.8. The normalized spacial score (nSPS) is 23.6. The predicted molar refractivity (Wildman–Crippen MR) is 76.3 cm³/mol. The number of carbonyl (C=O) groups excluding carboxylic acids is 1. The highest BCUT2D eigenvalue weighted by atomic mass is 32.1. The molecule has 1 aromatic heterocycles. The molecule has 0 bridgehead atoms. The number of carbonyl (C=O) groups is 1. The van der Waals surface area contributed by atoms with Gasteiger partial charge in [0.1, 0.15) is 0 Å². The first-order valence-corrected chi connectivity index (χ1v) is 7.52. The number of hydrogen-bond donors (Lipinski definition) is 1. The van der Waals surface area contributed by atoms with E-state index in [0.29, 0.717) is 16.8 Å². The molecule has 4 rings (SSSR count). The smallest absolute Gasteiger partial charge is 0.231 e. The molecule has 1 fully saturated rings. The number of nitrogens with one attached hydrogen (secondary N) is 1. The van der Waals surface area contributed by atoms with Crippen LogP contribution >= 0.6 is 11.3 Å². The van der Waals surface area contributed by atoms with E-state index in [0.717, 1.165) is 28.8 Å². The minimum atomic E-state index is 0.0854. The third-order valence-electron chi connectivity index (χ3n) is 3.86. The van der Waals surface area contributed by atoms with Crippen LogP contribution in [0.3, 0.4) is 0 Å². The second-order valence-electron chi connectivity index (χ2n) is 5.45. The monoisotopic (exact) mass is 290 g/mol. The highest BCUT2D eigenvalue weighted by Gasteiger charge is 2.31. The number of benzene rings is 1. The molecule has 0 atom stereocenters. The second kappa shape index (κ2) is 4.34. The lowest BCUT2D eigenvalue weighted by molar-refractivity contribution is -0.123. The molecule has 1 aliphatic carbocycles. The predicted octanol–water partition coefficient (Wildman–Crippen LogP) is 3.01. The number of amides is 1. The quantitative estimate of drug-likeness (QED) is 0.923. The van der Waals surface area contributed by atoms with Crippen LogP contribution in [0.5, 0.6) is 11.5 Å². The van der Waals surface area contributed by atoms with Crippen LogP contribution < -0.4 is 14.8 Å². The summed E-state index contributed by atoms with van der Waals surface area (Å²) in [5.41, 5.74) is 0.830. The summed E-state index contributed by atoms with van der Waals surface area (Å²) in [5, 5.41) is 3.56. The summed E-state index contributed by atoms with van der Waals surface area (Å²) in [6, 6.07) is 3.77. The molecule has 1 aliphatic heterocycles. The van der Waals surface area contributed by atoms with Crippen LogP contribution in [0.4, 0.5) is 5.13 Å². The van der Waals surface area contributed by atoms with Crippen LogP contribution in [0.25, 0.3) is 10.2 Å². The van der Waals surface area contributed by atoms with Gasteiger partial charge in [0.25, 0.3) is 0 Å². The molecule has 6 heteroatoms. The third kappa shape index (κ3) is 1.91. The number of rotatable bonds is 2. The SMILES string of the molecule is CC1CC(C(=O)Nc2nc3cc4c(cc3s2)OCO4)C1. The van der Waals surface area contributed by atoms with E-state index < -0.39 is 0 Å². The van der Waals surface area contributed by atoms with E-state index in [4.69, 9.17) is 9.47 Å². The molecule has 1 N–H and O–H groups in total. The van der Waals surface area contributed by atoms with Crippen LogP contribution in [0.2, 0.25) is 0 Å². The lowest BCUT2D eigenvalue weighted by Crippen LogP contribution is -2.33. The maximum atomic E-state index is 12.0. The van der Waals surface area contributed by atoms with E-state index in [1.54, 1.807) is 0 Å². The lowest BCUT2D eigenvalue weighted by atomic mass is 9.76. The highest BCUT2D eigenvalue weighted by Crippen LogP contribution is 2.39. The molecule has 2 aromatic rings. The number of ether oxygens (including phenoxy) is 2. The van der Waals surface area contributed by atoms with Gasteiger partial charge in [-0.1, -0.05) is 18.3 Å². The Hall–Kier alpha value is -1.82. The summed E-state index contributed by atoms with van der Waals surface area (Å²) in [6.07, 6.45) is 1.96. The zero-order chi connectivity index (χ0) is 13.7. The van der Waals surface area contributed by atoms with Gasteiger partial charge in [-0.15, -0.1) is 0 Å². The lowest BCUT2D eigenvalue weighted by Gasteiger charge is -2.30. The maximum absolute atomic E-state index is 12.0. The summed E-state index contributed by atoms with van der Waals surface area (Å²) in [4.78, 5) is 16.5. The molecule has 0 radical (unpaired) electrons. The molecule has 2 heterocycles. The van der Waals surface area contributed by atoms with E-state index in [1.807, 2.05) is 12.1 Å². The average molecular weight is 290 g/mol. The highest BCUT2D eigenvalue weighted by molar-refractivity contribution is 7.22. The van der Waals surface area contributed by atoms with E-state index in [2.05, 4.69) is 17.2 Å². The molecule has 20 heavy (non-hydrogen) atoms. The van der Waals surface area contributed by atoms with E-state index in [1.165, 1.54) is 11.3 Å². The van der Waals surface area contributed by atoms with E-state index in [9.17, 15) is 4.79 Å². The Kier molecular flexibility index (Phi) is 2.60. The molecule has 2 aliphatic rings. The molecule has 5 nitrogen and oxygen atoms in total. The van der Waals surface area contributed by atoms with Crippen LogP contribution in [0.15, 0.2) is 12.1 Å². The fraction of sp³-hybridized carbons (Fsp3) is 0.429. The topological polar surface area (TPSA) is 60.5 Å². The zero-order valence-electron chi connectivity index (χ0n) is 11.0. The van der Waals surface area contributed by atoms with Crippen molar-refractivity contribution in [2.75, 3.05) is 12.1 Å². The van der Waals surface area contributed by atoms with Gasteiger partial charge in [-0.3, -0.25) is 4.79 Å². The summed E-state index contributed by atoms with van der Waals surface area (Å²) < 4.78 is 11.7. The molecule has 0 saturated heterocycles. The Labute approximate surface area is 119 Å². The van der Waals surface area contributed by atoms with Gasteiger partial charge in [0.05, 0.1) is 10.2 Å². The molecule has 1 aromatic carbocycles. The van der Waals surface area contributed by atoms with E-state index >= 15 is 0 Å². The summed E-state index contributed by atoms with van der Waals surface area (Å²) in [7, 11) is 0. The van der Waals surface area contributed by atoms with Gasteiger partial charge in [-0.2, -0.15) is 0 Å². The largest absolute Gasteiger partial charge is 0.454 e. The summed E-state index contributed by atoms with van der Waals surface area (Å²) in [5.74, 6) is 2.36. The van der Waals surface area contributed by atoms with Crippen molar-refractivity contribution in [3.63, 3.8) is 0 Å². The number of anilines is 1. The van der Waals surface area contributed by atoms with Crippen molar-refractivity contribution < 1.29 is 14.3 Å². The molecule has 0 spiro atoms. The fourth-order valence-electron chi connectivity index (χ4n) is 2.70. The number of aromatic nitrogens is 1. The van der Waals surface area contributed by atoms with Crippen LogP contribution in [0, 0.1) is 11.8 Å². The van der Waals surface area contributed by atoms with Crippen LogP contribution in [-0.2, 0) is 4.79 Å². The second-order valence-corrected chi connectivity index (χ2v) is 6.49. The van der Waals surface area contributed by atoms with Gasteiger partial charge in [-0.25, -0.2) is 4.98 Å². The summed E-state index contributed by atoms with van der Waals surface area (Å²) in [6.45, 7) is 2.43. The van der Waals surface area contributed by atoms with Gasteiger partial charge < -0.3 is 14.8 Å². The van der Waals surface area contributed by atoms with Gasteiger partial charge in [0.2, 0.25) is 12.7 Å². The first kappa shape index (κ1) is 12.0. The van der Waals surface area contributed by atoms with Crippen LogP contribution in [-0.4, -0.2) is 17.7 Å². The molecule has 1 saturated carbocycles. The minimum absolute atomic E-state index is 0.0854. The number of hydrogen-bond acceptors (Lipinski definition) is 5. The third-order valence-corrected chi connectivity index (χ3v) is 4.79. The van der Waals surface area contributed by atoms with Crippen molar-refractivity contribution in [2.24, 2.45) is 11.8 Å². The Balaban J connectivity index is 1.57. The Morgan fingerprint density at radius 3 is 2.85 bits per heavy atom. The average Bonchev–Trinajstić information content (AvgIpc) is 2.96. The fourth-order valence-corrected chi connectivity index (χ4v) is 3.57. The van der Waals surface area contributed by atoms with Crippen molar-refractivity contribution in [3.05, 3.63) is 12.1 Å². The van der Waals surface area contributed by atoms with Crippen molar-refractivity contribution in [2.45, 2.75) is 19.8 Å². The summed E-state index contributed by atoms with van der Waals surface area (Å²) >= 11 is 1.47. The van der Waals surface area contributed by atoms with Crippen LogP contribution in [0.1, 0.15) is 19.8 Å². The van der Waals surface area contributed by atoms with Crippen molar-refractivity contribution in [3.8, 4) is 11.5 Å². The van der Waals surface area contributed by atoms with Crippen molar-refractivity contribution in [1.82, 2.24) is 4.98 Å². The Bertz CT molecular complexity index is 650. The molecule has 1 amide bonds. The first-order valence-electron chi connectivity index (χ1n) is 6.70. The Morgan fingerprint density at radius 2 is 2.10 bits per heavy atom. The minimum Gasteiger partial charge on any atom is -0.454 e. The molecular weight excluding hydrogens is 276 g/mol. The van der Waals surface area contributed by atoms with Gasteiger partial charge in [-0.05, 0) is 18.8 Å². The Morgan fingerprint density at radius 1 is 1.35 bits per heavy atom. The van der Waals surface area contributed by atoms with E-state index in [-0.39, 0.29) is 18.6 Å². The van der Waals surface area contributed by atoms with Crippen molar-refractivity contribution >= 4 is 32.6 Å². The first-order chi connectivity index (χ1) is 9.69.